The Balaban J connectivity index is 0.000000640. The number of alkyl carbamates (subject to hydrolysis) is 1. The van der Waals surface area contributed by atoms with E-state index in [0.717, 1.165) is 11.0 Å². The summed E-state index contributed by atoms with van der Waals surface area (Å²) >= 11 is 3.49. The van der Waals surface area contributed by atoms with Crippen LogP contribution >= 0.6 is 15.9 Å². The number of carboxylic acids is 1. The Hall–Kier alpha value is -1.81. The molecule has 0 aliphatic heterocycles. The number of hydrogen-bond donors (Lipinski definition) is 3. The number of ether oxygens (including phenoxy) is 1. The summed E-state index contributed by atoms with van der Waals surface area (Å²) < 4.78 is 37.3. The minimum atomic E-state index is -5.08. The van der Waals surface area contributed by atoms with Crippen molar-refractivity contribution >= 4 is 28.0 Å². The van der Waals surface area contributed by atoms with Crippen molar-refractivity contribution in [3.05, 3.63) is 34.3 Å². The van der Waals surface area contributed by atoms with Crippen LogP contribution in [0.3, 0.4) is 0 Å². The minimum absolute atomic E-state index is 0.182. The smallest absolute Gasteiger partial charge is 0.475 e. The number of amides is 1. The Morgan fingerprint density at radius 1 is 1.33 bits per heavy atom. The fourth-order valence-corrected chi connectivity index (χ4v) is 1.73. The number of rotatable bonds is 5. The number of alkyl halides is 3. The van der Waals surface area contributed by atoms with E-state index in [1.54, 1.807) is 0 Å². The van der Waals surface area contributed by atoms with Crippen molar-refractivity contribution in [2.45, 2.75) is 25.7 Å². The average Bonchev–Trinajstić information content (AvgIpc) is 2.51. The van der Waals surface area contributed by atoms with Gasteiger partial charge < -0.3 is 20.5 Å². The van der Waals surface area contributed by atoms with Gasteiger partial charge in [-0.3, -0.25) is 0 Å². The lowest BCUT2D eigenvalue weighted by molar-refractivity contribution is -0.192. The molecule has 1 rings (SSSR count). The van der Waals surface area contributed by atoms with E-state index < -0.39 is 18.2 Å². The van der Waals surface area contributed by atoms with Crippen molar-refractivity contribution in [3.8, 4) is 0 Å². The minimum Gasteiger partial charge on any atom is -0.475 e. The van der Waals surface area contributed by atoms with Crippen LogP contribution in [-0.2, 0) is 16.1 Å². The van der Waals surface area contributed by atoms with E-state index in [-0.39, 0.29) is 6.04 Å². The number of nitrogens with one attached hydrogen (secondary N) is 2. The maximum Gasteiger partial charge on any atom is 0.490 e. The van der Waals surface area contributed by atoms with Gasteiger partial charge in [0.1, 0.15) is 0 Å². The Labute approximate surface area is 145 Å². The van der Waals surface area contributed by atoms with E-state index in [0.29, 0.717) is 6.54 Å². The zero-order valence-corrected chi connectivity index (χ0v) is 14.6. The zero-order chi connectivity index (χ0) is 18.8. The van der Waals surface area contributed by atoms with Crippen LogP contribution in [0.1, 0.15) is 12.5 Å². The second kappa shape index (κ2) is 10.9. The molecule has 0 bridgehead atoms. The first-order valence-electron chi connectivity index (χ1n) is 6.66. The van der Waals surface area contributed by atoms with Gasteiger partial charge in [-0.15, -0.1) is 0 Å². The summed E-state index contributed by atoms with van der Waals surface area (Å²) in [5.41, 5.74) is 1.19. The molecule has 1 aromatic carbocycles. The highest BCUT2D eigenvalue weighted by atomic mass is 79.9. The topological polar surface area (TPSA) is 87.7 Å². The second-order valence-electron chi connectivity index (χ2n) is 4.55. The van der Waals surface area contributed by atoms with Crippen molar-refractivity contribution in [2.75, 3.05) is 13.7 Å². The summed E-state index contributed by atoms with van der Waals surface area (Å²) in [6.07, 6.45) is -5.49. The van der Waals surface area contributed by atoms with Crippen molar-refractivity contribution in [1.29, 1.82) is 0 Å². The maximum atomic E-state index is 10.9. The molecular formula is C14H18BrF3N2O4. The molecule has 24 heavy (non-hydrogen) atoms. The van der Waals surface area contributed by atoms with E-state index in [9.17, 15) is 18.0 Å². The summed E-state index contributed by atoms with van der Waals surface area (Å²) in [6.45, 7) is 3.30. The summed E-state index contributed by atoms with van der Waals surface area (Å²) in [7, 11) is 1.36. The van der Waals surface area contributed by atoms with Crippen molar-refractivity contribution < 1.29 is 32.6 Å². The summed E-state index contributed by atoms with van der Waals surface area (Å²) in [4.78, 5) is 19.8. The van der Waals surface area contributed by atoms with Gasteiger partial charge in [-0.25, -0.2) is 9.59 Å². The molecule has 1 aromatic rings. The summed E-state index contributed by atoms with van der Waals surface area (Å²) in [5.74, 6) is -2.76. The van der Waals surface area contributed by atoms with E-state index >= 15 is 0 Å². The highest BCUT2D eigenvalue weighted by Gasteiger charge is 2.38. The van der Waals surface area contributed by atoms with Gasteiger partial charge in [0.2, 0.25) is 0 Å². The van der Waals surface area contributed by atoms with Crippen LogP contribution in [-0.4, -0.2) is 43.0 Å². The quantitative estimate of drug-likeness (QED) is 0.689. The molecule has 136 valence electrons. The molecule has 0 aliphatic rings. The molecule has 0 saturated heterocycles. The molecule has 0 radical (unpaired) electrons. The third-order valence-corrected chi connectivity index (χ3v) is 3.35. The number of methoxy groups -OCH3 is 1. The fourth-order valence-electron chi connectivity index (χ4n) is 1.31. The maximum absolute atomic E-state index is 10.9. The van der Waals surface area contributed by atoms with Crippen LogP contribution in [0.15, 0.2) is 28.7 Å². The fraction of sp³-hybridized carbons (Fsp3) is 0.429. The third-order valence-electron chi connectivity index (χ3n) is 2.58. The van der Waals surface area contributed by atoms with E-state index in [1.807, 2.05) is 25.1 Å². The Kier molecular flexibility index (Phi) is 10.0. The van der Waals surface area contributed by atoms with Crippen molar-refractivity contribution in [2.24, 2.45) is 0 Å². The van der Waals surface area contributed by atoms with Crippen LogP contribution in [0.2, 0.25) is 0 Å². The number of hydrogen-bond acceptors (Lipinski definition) is 4. The predicted octanol–water partition coefficient (Wildman–Crippen LogP) is 2.92. The predicted molar refractivity (Wildman–Crippen MR) is 84.5 cm³/mol. The lowest BCUT2D eigenvalue weighted by atomic mass is 10.2. The summed E-state index contributed by atoms with van der Waals surface area (Å²) in [6, 6.07) is 8.22. The first-order chi connectivity index (χ1) is 11.1. The number of halogens is 4. The Bertz CT molecular complexity index is 541. The van der Waals surface area contributed by atoms with Crippen LogP contribution in [0.4, 0.5) is 18.0 Å². The molecule has 0 aromatic heterocycles. The SMILES string of the molecule is COC(=O)NCC(C)NCc1ccccc1Br.O=C(O)C(F)(F)F. The zero-order valence-electron chi connectivity index (χ0n) is 13.0. The van der Waals surface area contributed by atoms with Crippen molar-refractivity contribution in [1.82, 2.24) is 10.6 Å². The molecule has 0 saturated carbocycles. The molecule has 3 N–H and O–H groups in total. The van der Waals surface area contributed by atoms with E-state index in [2.05, 4.69) is 37.4 Å². The molecule has 6 nitrogen and oxygen atoms in total. The molecule has 0 spiro atoms. The van der Waals surface area contributed by atoms with E-state index in [4.69, 9.17) is 9.90 Å². The number of benzene rings is 1. The molecule has 0 aliphatic carbocycles. The monoisotopic (exact) mass is 414 g/mol. The first kappa shape index (κ1) is 22.2. The number of carboxylic acid groups (broad SMARTS) is 1. The van der Waals surface area contributed by atoms with E-state index in [1.165, 1.54) is 12.7 Å². The number of carbonyl (C=O) groups excluding carboxylic acids is 1. The Morgan fingerprint density at radius 2 is 1.88 bits per heavy atom. The summed E-state index contributed by atoms with van der Waals surface area (Å²) in [5, 5.41) is 13.1. The number of carbonyl (C=O) groups is 2. The van der Waals surface area contributed by atoms with Gasteiger partial charge >= 0.3 is 18.2 Å². The average molecular weight is 415 g/mol. The normalized spacial score (nSPS) is 11.8. The number of aliphatic carboxylic acids is 1. The molecule has 1 amide bonds. The molecule has 1 atom stereocenters. The molecule has 0 heterocycles. The van der Waals surface area contributed by atoms with Gasteiger partial charge in [-0.2, -0.15) is 13.2 Å². The molecule has 0 fully saturated rings. The van der Waals surface area contributed by atoms with Gasteiger partial charge in [0.05, 0.1) is 7.11 Å². The van der Waals surface area contributed by atoms with Gasteiger partial charge in [0.15, 0.2) is 0 Å². The standard InChI is InChI=1S/C12H17BrN2O2.C2HF3O2/c1-9(7-15-12(16)17-2)14-8-10-5-3-4-6-11(10)13;3-2(4,5)1(6)7/h3-6,9,14H,7-8H2,1-2H3,(H,15,16);(H,6,7). The third kappa shape index (κ3) is 10.1. The first-order valence-corrected chi connectivity index (χ1v) is 7.46. The van der Waals surface area contributed by atoms with Gasteiger partial charge in [-0.05, 0) is 18.6 Å². The highest BCUT2D eigenvalue weighted by molar-refractivity contribution is 9.10. The van der Waals surface area contributed by atoms with Crippen molar-refractivity contribution in [3.63, 3.8) is 0 Å². The highest BCUT2D eigenvalue weighted by Crippen LogP contribution is 2.15. The molecular weight excluding hydrogens is 397 g/mol. The van der Waals surface area contributed by atoms with Crippen LogP contribution in [0.5, 0.6) is 0 Å². The lowest BCUT2D eigenvalue weighted by Gasteiger charge is -2.14. The molecule has 10 heteroatoms. The van der Waals surface area contributed by atoms with Gasteiger partial charge in [0, 0.05) is 23.6 Å². The Morgan fingerprint density at radius 3 is 2.33 bits per heavy atom. The van der Waals surface area contributed by atoms with Crippen LogP contribution < -0.4 is 10.6 Å². The second-order valence-corrected chi connectivity index (χ2v) is 5.40. The van der Waals surface area contributed by atoms with Crippen LogP contribution in [0, 0.1) is 0 Å². The largest absolute Gasteiger partial charge is 0.490 e. The van der Waals surface area contributed by atoms with Gasteiger partial charge in [-0.1, -0.05) is 34.1 Å². The van der Waals surface area contributed by atoms with Gasteiger partial charge in [0.25, 0.3) is 0 Å². The lowest BCUT2D eigenvalue weighted by Crippen LogP contribution is -2.38. The molecule has 1 unspecified atom stereocenters. The van der Waals surface area contributed by atoms with Crippen LogP contribution in [0.25, 0.3) is 0 Å².